The summed E-state index contributed by atoms with van der Waals surface area (Å²) in [5.41, 5.74) is 6.09. The molecule has 0 atom stereocenters. The lowest BCUT2D eigenvalue weighted by molar-refractivity contribution is -0.140. The van der Waals surface area contributed by atoms with Crippen molar-refractivity contribution in [2.45, 2.75) is 73.0 Å². The molecule has 2 aromatic carbocycles. The molecule has 1 aliphatic rings. The van der Waals surface area contributed by atoms with Crippen LogP contribution in [0.5, 0.6) is 0 Å². The Bertz CT molecular complexity index is 843. The van der Waals surface area contributed by atoms with Gasteiger partial charge in [0.15, 0.2) is 0 Å². The third-order valence-corrected chi connectivity index (χ3v) is 4.67. The van der Waals surface area contributed by atoms with E-state index < -0.39 is 17.6 Å². The van der Waals surface area contributed by atoms with Crippen LogP contribution in [-0.4, -0.2) is 44.9 Å². The van der Waals surface area contributed by atoms with Crippen molar-refractivity contribution >= 4 is 12.7 Å². The summed E-state index contributed by atoms with van der Waals surface area (Å²) in [6.45, 7) is 12.7. The number of carbonyl (C=O) groups is 2. The van der Waals surface area contributed by atoms with Gasteiger partial charge in [-0.25, -0.2) is 4.39 Å². The lowest BCUT2D eigenvalue weighted by Crippen LogP contribution is -2.28. The maximum Gasteiger partial charge on any atom is 0.419 e. The van der Waals surface area contributed by atoms with E-state index in [4.69, 9.17) is 4.74 Å². The van der Waals surface area contributed by atoms with Gasteiger partial charge in [0.1, 0.15) is 12.1 Å². The predicted octanol–water partition coefficient (Wildman–Crippen LogP) is 6.85. The van der Waals surface area contributed by atoms with Gasteiger partial charge in [0.2, 0.25) is 6.41 Å². The highest BCUT2D eigenvalue weighted by atomic mass is 19.4. The first kappa shape index (κ1) is 39.7. The van der Waals surface area contributed by atoms with E-state index in [2.05, 4.69) is 30.9 Å². The van der Waals surface area contributed by atoms with Crippen LogP contribution in [-0.2, 0) is 39.9 Å². The summed E-state index contributed by atoms with van der Waals surface area (Å²) < 4.78 is 53.8. The molecule has 0 spiro atoms. The van der Waals surface area contributed by atoms with Crippen LogP contribution >= 0.6 is 0 Å². The van der Waals surface area contributed by atoms with Gasteiger partial charge in [-0.3, -0.25) is 4.79 Å². The van der Waals surface area contributed by atoms with Gasteiger partial charge < -0.3 is 20.2 Å². The zero-order chi connectivity index (χ0) is 30.0. The highest BCUT2D eigenvalue weighted by Crippen LogP contribution is 2.31. The van der Waals surface area contributed by atoms with Crippen molar-refractivity contribution in [1.29, 1.82) is 0 Å². The van der Waals surface area contributed by atoms with Gasteiger partial charge in [0.05, 0.1) is 5.56 Å². The molecule has 0 saturated heterocycles. The minimum Gasteiger partial charge on any atom is -0.385 e. The molecule has 0 bridgehead atoms. The van der Waals surface area contributed by atoms with Crippen molar-refractivity contribution in [3.05, 3.63) is 70.5 Å². The van der Waals surface area contributed by atoms with Crippen LogP contribution in [0.4, 0.5) is 17.6 Å². The zero-order valence-electron chi connectivity index (χ0n) is 23.9. The highest BCUT2D eigenvalue weighted by Gasteiger charge is 2.33. The summed E-state index contributed by atoms with van der Waals surface area (Å²) in [7, 11) is 3.23. The Morgan fingerprint density at radius 1 is 1.00 bits per heavy atom. The fourth-order valence-corrected chi connectivity index (χ4v) is 2.91. The fraction of sp³-hybridized carbons (Fsp3) is 0.517. The molecular formula is C29H46F4N2O3. The van der Waals surface area contributed by atoms with Gasteiger partial charge in [0.25, 0.3) is 0 Å². The molecular weight excluding hydrogens is 500 g/mol. The van der Waals surface area contributed by atoms with Crippen molar-refractivity contribution in [2.24, 2.45) is 5.73 Å². The van der Waals surface area contributed by atoms with Gasteiger partial charge in [-0.2, -0.15) is 13.2 Å². The molecule has 0 aliphatic carbocycles. The number of fused-ring (bicyclic) bond motifs is 1. The average Bonchev–Trinajstić information content (AvgIpc) is 2.95. The smallest absolute Gasteiger partial charge is 0.385 e. The number of rotatable bonds is 6. The molecule has 38 heavy (non-hydrogen) atoms. The number of amides is 1. The SMILES string of the molecule is CC.CC.CCCCOC.CN.O=CCc1ccc(C(F)(F)F)c(F)c1.O=CN1CCc2ccccc2C1. The van der Waals surface area contributed by atoms with Crippen LogP contribution in [0.25, 0.3) is 0 Å². The Labute approximate surface area is 226 Å². The molecule has 1 aliphatic heterocycles. The van der Waals surface area contributed by atoms with Crippen LogP contribution in [0, 0.1) is 5.82 Å². The number of hydrogen-bond donors (Lipinski definition) is 1. The maximum atomic E-state index is 12.8. The zero-order valence-corrected chi connectivity index (χ0v) is 23.9. The largest absolute Gasteiger partial charge is 0.419 e. The van der Waals surface area contributed by atoms with E-state index in [1.807, 2.05) is 38.7 Å². The topological polar surface area (TPSA) is 72.6 Å². The Morgan fingerprint density at radius 2 is 1.58 bits per heavy atom. The number of nitrogens with zero attached hydrogens (tertiary/aromatic N) is 1. The molecule has 2 N–H and O–H groups in total. The third-order valence-electron chi connectivity index (χ3n) is 4.67. The summed E-state index contributed by atoms with van der Waals surface area (Å²) in [5, 5.41) is 0. The lowest BCUT2D eigenvalue weighted by Gasteiger charge is -2.24. The standard InChI is InChI=1S/C10H11NO.C9H6F4O.C5H12O.2C2H6.CH5N/c12-8-11-6-5-9-3-1-2-4-10(9)7-11;10-8-5-6(3-4-14)1-2-7(8)9(11,12)13;1-3-4-5-6-2;3*1-2/h1-4,8H,5-7H2;1-2,4-5H,3H2;3-5H2,1-2H3;2*1-2H3;2H2,1H3. The maximum absolute atomic E-state index is 12.8. The van der Waals surface area contributed by atoms with E-state index >= 15 is 0 Å². The predicted molar refractivity (Wildman–Crippen MR) is 147 cm³/mol. The van der Waals surface area contributed by atoms with Gasteiger partial charge in [-0.1, -0.05) is 71.4 Å². The summed E-state index contributed by atoms with van der Waals surface area (Å²) in [6.07, 6.45) is 0.0656. The number of nitrogens with two attached hydrogens (primary N) is 1. The van der Waals surface area contributed by atoms with Crippen LogP contribution in [0.2, 0.25) is 0 Å². The first-order valence-electron chi connectivity index (χ1n) is 12.9. The number of alkyl halides is 3. The van der Waals surface area contributed by atoms with Crippen LogP contribution in [0.3, 0.4) is 0 Å². The van der Waals surface area contributed by atoms with E-state index in [9.17, 15) is 27.2 Å². The molecule has 2 aromatic rings. The number of aldehydes is 1. The van der Waals surface area contributed by atoms with Gasteiger partial charge in [0, 0.05) is 33.2 Å². The van der Waals surface area contributed by atoms with E-state index in [0.717, 1.165) is 44.7 Å². The van der Waals surface area contributed by atoms with Crippen molar-refractivity contribution in [3.63, 3.8) is 0 Å². The van der Waals surface area contributed by atoms with Gasteiger partial charge >= 0.3 is 6.18 Å². The van der Waals surface area contributed by atoms with Crippen LogP contribution in [0.1, 0.15) is 69.7 Å². The van der Waals surface area contributed by atoms with Crippen LogP contribution < -0.4 is 5.73 Å². The van der Waals surface area contributed by atoms with Crippen molar-refractivity contribution in [2.75, 3.05) is 27.3 Å². The minimum atomic E-state index is -4.69. The number of carbonyl (C=O) groups excluding carboxylic acids is 2. The van der Waals surface area contributed by atoms with Crippen molar-refractivity contribution in [3.8, 4) is 0 Å². The van der Waals surface area contributed by atoms with E-state index in [1.165, 1.54) is 31.0 Å². The second kappa shape index (κ2) is 25.9. The van der Waals surface area contributed by atoms with E-state index in [0.29, 0.717) is 12.4 Å². The summed E-state index contributed by atoms with van der Waals surface area (Å²) in [6, 6.07) is 10.7. The number of methoxy groups -OCH3 is 1. The molecule has 1 amide bonds. The molecule has 5 nitrogen and oxygen atoms in total. The molecule has 0 aromatic heterocycles. The molecule has 0 radical (unpaired) electrons. The third kappa shape index (κ3) is 17.6. The normalized spacial score (nSPS) is 11.0. The Hall–Kier alpha value is -2.78. The lowest BCUT2D eigenvalue weighted by atomic mass is 10.0. The second-order valence-corrected chi connectivity index (χ2v) is 7.12. The van der Waals surface area contributed by atoms with Crippen LogP contribution in [0.15, 0.2) is 42.5 Å². The molecule has 218 valence electrons. The molecule has 0 saturated carbocycles. The monoisotopic (exact) mass is 546 g/mol. The Kier molecular flexibility index (Phi) is 27.0. The first-order chi connectivity index (χ1) is 18.3. The minimum absolute atomic E-state index is 0.0882. The second-order valence-electron chi connectivity index (χ2n) is 7.12. The number of ether oxygens (including phenoxy) is 1. The van der Waals surface area contributed by atoms with E-state index in [-0.39, 0.29) is 12.0 Å². The van der Waals surface area contributed by atoms with E-state index in [1.54, 1.807) is 7.11 Å². The van der Waals surface area contributed by atoms with Crippen molar-refractivity contribution in [1.82, 2.24) is 4.90 Å². The number of unbranched alkanes of at least 4 members (excludes halogenated alkanes) is 1. The molecule has 1 heterocycles. The molecule has 3 rings (SSSR count). The molecule has 9 heteroatoms. The molecule has 0 fully saturated rings. The number of hydrogen-bond acceptors (Lipinski definition) is 4. The summed E-state index contributed by atoms with van der Waals surface area (Å²) in [5.74, 6) is -1.35. The quantitative estimate of drug-likeness (QED) is 0.244. The molecule has 0 unspecified atom stereocenters. The number of halogens is 4. The average molecular weight is 547 g/mol. The highest BCUT2D eigenvalue weighted by molar-refractivity contribution is 5.55. The summed E-state index contributed by atoms with van der Waals surface area (Å²) >= 11 is 0. The Balaban J connectivity index is -0.000000463. The van der Waals surface area contributed by atoms with Gasteiger partial charge in [-0.05, 0) is 48.7 Å². The Morgan fingerprint density at radius 3 is 2.00 bits per heavy atom. The first-order valence-corrected chi connectivity index (χ1v) is 12.9. The number of benzene rings is 2. The van der Waals surface area contributed by atoms with Gasteiger partial charge in [-0.15, -0.1) is 0 Å². The summed E-state index contributed by atoms with van der Waals surface area (Å²) in [4.78, 5) is 22.3. The van der Waals surface area contributed by atoms with Crippen molar-refractivity contribution < 1.29 is 31.9 Å². The fourth-order valence-electron chi connectivity index (χ4n) is 2.91.